The first-order chi connectivity index (χ1) is 8.58. The number of aliphatic hydroxyl groups excluding tert-OH is 1. The quantitative estimate of drug-likeness (QED) is 0.724. The van der Waals surface area contributed by atoms with E-state index in [0.717, 1.165) is 11.3 Å². The molecular weight excluding hydrogens is 230 g/mol. The first-order valence-electron chi connectivity index (χ1n) is 6.22. The molecule has 4 nitrogen and oxygen atoms in total. The highest BCUT2D eigenvalue weighted by atomic mass is 16.5. The van der Waals surface area contributed by atoms with Crippen molar-refractivity contribution in [2.75, 3.05) is 13.2 Å². The summed E-state index contributed by atoms with van der Waals surface area (Å²) >= 11 is 0. The molecule has 4 heteroatoms. The summed E-state index contributed by atoms with van der Waals surface area (Å²) in [5.41, 5.74) is 1.15. The number of benzene rings is 1. The Kier molecular flexibility index (Phi) is 6.22. The molecule has 0 aliphatic carbocycles. The summed E-state index contributed by atoms with van der Waals surface area (Å²) in [4.78, 5) is 11.3. The third kappa shape index (κ3) is 6.25. The number of nitrogens with one attached hydrogen (secondary N) is 1. The maximum Gasteiger partial charge on any atom is 0.220 e. The van der Waals surface area contributed by atoms with Crippen molar-refractivity contribution < 1.29 is 14.6 Å². The maximum atomic E-state index is 11.3. The van der Waals surface area contributed by atoms with Gasteiger partial charge in [-0.2, -0.15) is 0 Å². The van der Waals surface area contributed by atoms with Crippen molar-refractivity contribution in [2.24, 2.45) is 0 Å². The fourth-order valence-corrected chi connectivity index (χ4v) is 1.49. The van der Waals surface area contributed by atoms with Gasteiger partial charge in [-0.05, 0) is 38.0 Å². The summed E-state index contributed by atoms with van der Waals surface area (Å²) in [6.07, 6.45) is 0.409. The fourth-order valence-electron chi connectivity index (χ4n) is 1.49. The summed E-state index contributed by atoms with van der Waals surface area (Å²) in [6, 6.07) is 7.79. The van der Waals surface area contributed by atoms with Crippen molar-refractivity contribution in [1.29, 1.82) is 0 Å². The minimum Gasteiger partial charge on any atom is -0.492 e. The van der Waals surface area contributed by atoms with Crippen LogP contribution in [0.25, 0.3) is 0 Å². The van der Waals surface area contributed by atoms with Crippen LogP contribution >= 0.6 is 0 Å². The lowest BCUT2D eigenvalue weighted by molar-refractivity contribution is -0.121. The zero-order valence-electron chi connectivity index (χ0n) is 11.0. The van der Waals surface area contributed by atoms with Crippen molar-refractivity contribution in [3.8, 4) is 5.75 Å². The lowest BCUT2D eigenvalue weighted by Gasteiger charge is -2.08. The summed E-state index contributed by atoms with van der Waals surface area (Å²) in [6.45, 7) is 4.61. The first-order valence-corrected chi connectivity index (χ1v) is 6.22. The third-order valence-electron chi connectivity index (χ3n) is 2.47. The summed E-state index contributed by atoms with van der Waals surface area (Å²) in [7, 11) is 0. The van der Waals surface area contributed by atoms with Gasteiger partial charge in [-0.25, -0.2) is 0 Å². The largest absolute Gasteiger partial charge is 0.492 e. The Morgan fingerprint density at radius 3 is 2.94 bits per heavy atom. The van der Waals surface area contributed by atoms with Gasteiger partial charge in [-0.3, -0.25) is 4.79 Å². The molecule has 0 saturated heterocycles. The first kappa shape index (κ1) is 14.5. The van der Waals surface area contributed by atoms with Crippen LogP contribution in [0.3, 0.4) is 0 Å². The normalized spacial score (nSPS) is 11.9. The van der Waals surface area contributed by atoms with Gasteiger partial charge in [-0.15, -0.1) is 0 Å². The lowest BCUT2D eigenvalue weighted by Crippen LogP contribution is -2.28. The molecule has 100 valence electrons. The van der Waals surface area contributed by atoms with Crippen molar-refractivity contribution >= 4 is 5.91 Å². The topological polar surface area (TPSA) is 58.6 Å². The van der Waals surface area contributed by atoms with E-state index in [9.17, 15) is 4.79 Å². The van der Waals surface area contributed by atoms with Gasteiger partial charge in [0, 0.05) is 6.42 Å². The van der Waals surface area contributed by atoms with E-state index >= 15 is 0 Å². The van der Waals surface area contributed by atoms with Crippen LogP contribution in [0.2, 0.25) is 0 Å². The SMILES string of the molecule is Cc1cccc(OCCNC(=O)CCC(C)O)c1. The number of hydrogen-bond donors (Lipinski definition) is 2. The van der Waals surface area contributed by atoms with E-state index in [4.69, 9.17) is 9.84 Å². The van der Waals surface area contributed by atoms with E-state index in [1.165, 1.54) is 0 Å². The highest BCUT2D eigenvalue weighted by Gasteiger charge is 2.03. The van der Waals surface area contributed by atoms with Crippen molar-refractivity contribution in [1.82, 2.24) is 5.32 Å². The van der Waals surface area contributed by atoms with Gasteiger partial charge < -0.3 is 15.2 Å². The van der Waals surface area contributed by atoms with Crippen LogP contribution in [0, 0.1) is 6.92 Å². The highest BCUT2D eigenvalue weighted by Crippen LogP contribution is 2.11. The Morgan fingerprint density at radius 1 is 1.50 bits per heavy atom. The molecule has 0 aromatic heterocycles. The van der Waals surface area contributed by atoms with Gasteiger partial charge in [-0.1, -0.05) is 12.1 Å². The molecule has 0 radical (unpaired) electrons. The molecule has 0 aliphatic rings. The molecule has 18 heavy (non-hydrogen) atoms. The molecule has 0 fully saturated rings. The minimum absolute atomic E-state index is 0.0521. The van der Waals surface area contributed by atoms with E-state index in [-0.39, 0.29) is 5.91 Å². The van der Waals surface area contributed by atoms with Crippen LogP contribution in [-0.4, -0.2) is 30.3 Å². The smallest absolute Gasteiger partial charge is 0.220 e. The highest BCUT2D eigenvalue weighted by molar-refractivity contribution is 5.75. The van der Waals surface area contributed by atoms with E-state index in [1.807, 2.05) is 31.2 Å². The molecule has 1 unspecified atom stereocenters. The van der Waals surface area contributed by atoms with Gasteiger partial charge in [0.2, 0.25) is 5.91 Å². The van der Waals surface area contributed by atoms with Gasteiger partial charge in [0.15, 0.2) is 0 Å². The Labute approximate surface area is 108 Å². The van der Waals surface area contributed by atoms with Gasteiger partial charge in [0.25, 0.3) is 0 Å². The van der Waals surface area contributed by atoms with Crippen LogP contribution in [0.1, 0.15) is 25.3 Å². The van der Waals surface area contributed by atoms with Crippen molar-refractivity contribution in [2.45, 2.75) is 32.8 Å². The third-order valence-corrected chi connectivity index (χ3v) is 2.47. The summed E-state index contributed by atoms with van der Waals surface area (Å²) in [5, 5.41) is 11.8. The van der Waals surface area contributed by atoms with Gasteiger partial charge >= 0.3 is 0 Å². The number of hydrogen-bond acceptors (Lipinski definition) is 3. The van der Waals surface area contributed by atoms with E-state index < -0.39 is 6.10 Å². The second-order valence-corrected chi connectivity index (χ2v) is 4.40. The van der Waals surface area contributed by atoms with Crippen molar-refractivity contribution in [3.63, 3.8) is 0 Å². The average Bonchev–Trinajstić information content (AvgIpc) is 2.32. The van der Waals surface area contributed by atoms with Crippen LogP contribution in [-0.2, 0) is 4.79 Å². The van der Waals surface area contributed by atoms with Crippen LogP contribution in [0.5, 0.6) is 5.75 Å². The molecular formula is C14H21NO3. The Morgan fingerprint density at radius 2 is 2.28 bits per heavy atom. The Balaban J connectivity index is 2.13. The standard InChI is InChI=1S/C14H21NO3/c1-11-4-3-5-13(10-11)18-9-8-15-14(17)7-6-12(2)16/h3-5,10,12,16H,6-9H2,1-2H3,(H,15,17). The summed E-state index contributed by atoms with van der Waals surface area (Å²) in [5.74, 6) is 0.761. The predicted octanol–water partition coefficient (Wildman–Crippen LogP) is 1.65. The van der Waals surface area contributed by atoms with E-state index in [0.29, 0.717) is 26.0 Å². The number of amides is 1. The van der Waals surface area contributed by atoms with Crippen LogP contribution in [0.4, 0.5) is 0 Å². The molecule has 1 amide bonds. The fraction of sp³-hybridized carbons (Fsp3) is 0.500. The molecule has 2 N–H and O–H groups in total. The molecule has 1 aromatic rings. The van der Waals surface area contributed by atoms with E-state index in [2.05, 4.69) is 5.32 Å². The second-order valence-electron chi connectivity index (χ2n) is 4.40. The average molecular weight is 251 g/mol. The van der Waals surface area contributed by atoms with Crippen molar-refractivity contribution in [3.05, 3.63) is 29.8 Å². The molecule has 1 atom stereocenters. The molecule has 0 heterocycles. The number of carbonyl (C=O) groups excluding carboxylic acids is 1. The van der Waals surface area contributed by atoms with E-state index in [1.54, 1.807) is 6.92 Å². The zero-order valence-corrected chi connectivity index (χ0v) is 11.0. The molecule has 0 bridgehead atoms. The second kappa shape index (κ2) is 7.71. The number of aliphatic hydroxyl groups is 1. The molecule has 0 saturated carbocycles. The van der Waals surface area contributed by atoms with Gasteiger partial charge in [0.1, 0.15) is 12.4 Å². The molecule has 0 spiro atoms. The molecule has 1 rings (SSSR count). The number of ether oxygens (including phenoxy) is 1. The molecule has 1 aromatic carbocycles. The van der Waals surface area contributed by atoms with Crippen LogP contribution < -0.4 is 10.1 Å². The zero-order chi connectivity index (χ0) is 13.4. The Bertz CT molecular complexity index is 377. The lowest BCUT2D eigenvalue weighted by atomic mass is 10.2. The minimum atomic E-state index is -0.431. The number of carbonyl (C=O) groups is 1. The summed E-state index contributed by atoms with van der Waals surface area (Å²) < 4.78 is 5.50. The number of aryl methyl sites for hydroxylation is 1. The Hall–Kier alpha value is -1.55. The predicted molar refractivity (Wildman–Crippen MR) is 70.6 cm³/mol. The maximum absolute atomic E-state index is 11.3. The van der Waals surface area contributed by atoms with Gasteiger partial charge in [0.05, 0.1) is 12.6 Å². The molecule has 0 aliphatic heterocycles. The monoisotopic (exact) mass is 251 g/mol. The van der Waals surface area contributed by atoms with Crippen LogP contribution in [0.15, 0.2) is 24.3 Å². The number of rotatable bonds is 7.